The highest BCUT2D eigenvalue weighted by Gasteiger charge is 2.32. The molecule has 27 heavy (non-hydrogen) atoms. The highest BCUT2D eigenvalue weighted by molar-refractivity contribution is 7.91. The Morgan fingerprint density at radius 2 is 1.85 bits per heavy atom. The van der Waals surface area contributed by atoms with E-state index in [1.807, 2.05) is 36.4 Å². The fourth-order valence-corrected chi connectivity index (χ4v) is 4.94. The summed E-state index contributed by atoms with van der Waals surface area (Å²) in [6, 6.07) is 17.9. The van der Waals surface area contributed by atoms with Gasteiger partial charge in [0.25, 0.3) is 0 Å². The molecule has 1 aliphatic heterocycles. The Kier molecular flexibility index (Phi) is 5.98. The first-order valence-corrected chi connectivity index (χ1v) is 11.0. The maximum absolute atomic E-state index is 12.4. The second-order valence-electron chi connectivity index (χ2n) is 7.39. The molecule has 0 saturated carbocycles. The fourth-order valence-electron chi connectivity index (χ4n) is 3.63. The lowest BCUT2D eigenvalue weighted by Gasteiger charge is -2.32. The summed E-state index contributed by atoms with van der Waals surface area (Å²) in [7, 11) is -3.11. The van der Waals surface area contributed by atoms with Gasteiger partial charge in [-0.05, 0) is 48.9 Å². The third-order valence-electron chi connectivity index (χ3n) is 5.34. The van der Waals surface area contributed by atoms with Crippen LogP contribution in [0, 0.1) is 17.2 Å². The van der Waals surface area contributed by atoms with Gasteiger partial charge in [0.2, 0.25) is 0 Å². The Bertz CT molecular complexity index is 927. The van der Waals surface area contributed by atoms with Gasteiger partial charge in [-0.2, -0.15) is 5.26 Å². The van der Waals surface area contributed by atoms with E-state index < -0.39 is 9.84 Å². The summed E-state index contributed by atoms with van der Waals surface area (Å²) in [4.78, 5) is 0. The van der Waals surface area contributed by atoms with Crippen LogP contribution in [0.2, 0.25) is 0 Å². The van der Waals surface area contributed by atoms with Crippen molar-refractivity contribution in [1.82, 2.24) is 0 Å². The van der Waals surface area contributed by atoms with Crippen molar-refractivity contribution < 1.29 is 13.2 Å². The average Bonchev–Trinajstić information content (AvgIpc) is 2.68. The normalized spacial score (nSPS) is 20.4. The van der Waals surface area contributed by atoms with Crippen LogP contribution < -0.4 is 0 Å². The molecule has 5 heteroatoms. The number of nitriles is 1. The number of ether oxygens (including phenoxy) is 1. The smallest absolute Gasteiger partial charge is 0.153 e. The number of nitrogens with zero attached hydrogens (tertiary/aromatic N) is 1. The lowest BCUT2D eigenvalue weighted by molar-refractivity contribution is 0.0483. The molecule has 3 rings (SSSR count). The topological polar surface area (TPSA) is 67.2 Å². The second kappa shape index (κ2) is 8.24. The van der Waals surface area contributed by atoms with E-state index in [1.54, 1.807) is 13.8 Å². The van der Waals surface area contributed by atoms with E-state index in [0.717, 1.165) is 23.1 Å². The molecule has 1 fully saturated rings. The molecule has 0 aromatic heterocycles. The zero-order valence-electron chi connectivity index (χ0n) is 15.8. The van der Waals surface area contributed by atoms with Gasteiger partial charge in [-0.1, -0.05) is 42.5 Å². The Morgan fingerprint density at radius 3 is 2.52 bits per heavy atom. The fraction of sp³-hybridized carbons (Fsp3) is 0.409. The summed E-state index contributed by atoms with van der Waals surface area (Å²) in [5, 5.41) is 8.93. The first-order valence-electron chi connectivity index (χ1n) is 9.31. The molecule has 2 atom stereocenters. The van der Waals surface area contributed by atoms with Crippen LogP contribution in [0.3, 0.4) is 0 Å². The quantitative estimate of drug-likeness (QED) is 0.777. The van der Waals surface area contributed by atoms with E-state index in [4.69, 9.17) is 4.74 Å². The van der Waals surface area contributed by atoms with Gasteiger partial charge in [0, 0.05) is 12.5 Å². The first kappa shape index (κ1) is 19.6. The SMILES string of the molecule is CC(C)S(=O)(=O)C[C@H]1COCC[C@@H]1c1ccc(-c2ccccc2C#N)cc1. The molecule has 0 amide bonds. The number of hydrogen-bond acceptors (Lipinski definition) is 4. The predicted molar refractivity (Wildman–Crippen MR) is 107 cm³/mol. The number of rotatable bonds is 5. The number of benzene rings is 2. The van der Waals surface area contributed by atoms with Crippen LogP contribution >= 0.6 is 0 Å². The molecular formula is C22H25NO3S. The van der Waals surface area contributed by atoms with Gasteiger partial charge >= 0.3 is 0 Å². The molecular weight excluding hydrogens is 358 g/mol. The molecule has 1 heterocycles. The molecule has 4 nitrogen and oxygen atoms in total. The van der Waals surface area contributed by atoms with E-state index in [0.29, 0.717) is 18.8 Å². The largest absolute Gasteiger partial charge is 0.381 e. The van der Waals surface area contributed by atoms with Crippen LogP contribution in [0.25, 0.3) is 11.1 Å². The molecule has 0 radical (unpaired) electrons. The molecule has 1 aliphatic rings. The molecule has 0 aliphatic carbocycles. The van der Waals surface area contributed by atoms with Gasteiger partial charge in [0.05, 0.1) is 29.2 Å². The van der Waals surface area contributed by atoms with Crippen LogP contribution in [-0.4, -0.2) is 32.6 Å². The van der Waals surface area contributed by atoms with Crippen molar-refractivity contribution in [3.63, 3.8) is 0 Å². The zero-order valence-corrected chi connectivity index (χ0v) is 16.6. The maximum atomic E-state index is 12.4. The standard InChI is InChI=1S/C22H25NO3S/c1-16(2)27(24,25)15-20-14-26-12-11-22(20)18-9-7-17(8-10-18)21-6-4-3-5-19(21)13-23/h3-10,16,20,22H,11-12,14-15H2,1-2H3/t20-,22-/m1/s1. The van der Waals surface area contributed by atoms with E-state index >= 15 is 0 Å². The average molecular weight is 384 g/mol. The van der Waals surface area contributed by atoms with Crippen molar-refractivity contribution in [1.29, 1.82) is 5.26 Å². The minimum absolute atomic E-state index is 0.0246. The summed E-state index contributed by atoms with van der Waals surface area (Å²) in [5.41, 5.74) is 3.70. The first-order chi connectivity index (χ1) is 12.9. The van der Waals surface area contributed by atoms with Crippen molar-refractivity contribution in [2.45, 2.75) is 31.4 Å². The highest BCUT2D eigenvalue weighted by atomic mass is 32.2. The van der Waals surface area contributed by atoms with Crippen LogP contribution in [0.5, 0.6) is 0 Å². The van der Waals surface area contributed by atoms with Gasteiger partial charge in [-0.15, -0.1) is 0 Å². The number of sulfone groups is 1. The van der Waals surface area contributed by atoms with Gasteiger partial charge in [-0.25, -0.2) is 8.42 Å². The van der Waals surface area contributed by atoms with Crippen molar-refractivity contribution in [3.05, 3.63) is 59.7 Å². The molecule has 0 N–H and O–H groups in total. The molecule has 0 spiro atoms. The molecule has 1 saturated heterocycles. The van der Waals surface area contributed by atoms with Gasteiger partial charge in [0.1, 0.15) is 0 Å². The third kappa shape index (κ3) is 4.40. The summed E-state index contributed by atoms with van der Waals surface area (Å²) in [6.45, 7) is 4.60. The second-order valence-corrected chi connectivity index (χ2v) is 9.99. The van der Waals surface area contributed by atoms with E-state index in [2.05, 4.69) is 18.2 Å². The highest BCUT2D eigenvalue weighted by Crippen LogP contribution is 2.35. The van der Waals surface area contributed by atoms with Gasteiger partial charge in [0.15, 0.2) is 9.84 Å². The predicted octanol–water partition coefficient (Wildman–Crippen LogP) is 4.17. The lowest BCUT2D eigenvalue weighted by Crippen LogP contribution is -2.34. The molecule has 0 bridgehead atoms. The van der Waals surface area contributed by atoms with E-state index in [-0.39, 0.29) is 22.8 Å². The van der Waals surface area contributed by atoms with Gasteiger partial charge < -0.3 is 4.74 Å². The monoisotopic (exact) mass is 383 g/mol. The number of hydrogen-bond donors (Lipinski definition) is 0. The minimum Gasteiger partial charge on any atom is -0.381 e. The van der Waals surface area contributed by atoms with Crippen molar-refractivity contribution in [2.75, 3.05) is 19.0 Å². The van der Waals surface area contributed by atoms with Crippen LogP contribution in [0.15, 0.2) is 48.5 Å². The van der Waals surface area contributed by atoms with Crippen LogP contribution in [0.4, 0.5) is 0 Å². The molecule has 142 valence electrons. The Hall–Kier alpha value is -2.16. The molecule has 2 aromatic carbocycles. The van der Waals surface area contributed by atoms with E-state index in [9.17, 15) is 13.7 Å². The minimum atomic E-state index is -3.11. The van der Waals surface area contributed by atoms with E-state index in [1.165, 1.54) is 0 Å². The summed E-state index contributed by atoms with van der Waals surface area (Å²) in [5.74, 6) is 0.310. The Balaban J connectivity index is 1.85. The van der Waals surface area contributed by atoms with Crippen molar-refractivity contribution in [3.8, 4) is 17.2 Å². The van der Waals surface area contributed by atoms with Gasteiger partial charge in [-0.3, -0.25) is 0 Å². The Labute approximate surface area is 161 Å². The maximum Gasteiger partial charge on any atom is 0.153 e. The lowest BCUT2D eigenvalue weighted by atomic mass is 9.83. The van der Waals surface area contributed by atoms with Crippen molar-refractivity contribution in [2.24, 2.45) is 5.92 Å². The summed E-state index contributed by atoms with van der Waals surface area (Å²) in [6.07, 6.45) is 0.826. The summed E-state index contributed by atoms with van der Waals surface area (Å²) >= 11 is 0. The zero-order chi connectivity index (χ0) is 19.4. The Morgan fingerprint density at radius 1 is 1.15 bits per heavy atom. The molecule has 0 unspecified atom stereocenters. The van der Waals surface area contributed by atoms with Crippen LogP contribution in [0.1, 0.15) is 37.3 Å². The summed E-state index contributed by atoms with van der Waals surface area (Å²) < 4.78 is 30.4. The van der Waals surface area contributed by atoms with Crippen molar-refractivity contribution >= 4 is 9.84 Å². The molecule has 2 aromatic rings. The van der Waals surface area contributed by atoms with Crippen LogP contribution in [-0.2, 0) is 14.6 Å². The third-order valence-corrected chi connectivity index (χ3v) is 7.67.